The molecule has 0 aliphatic carbocycles. The first-order valence-corrected chi connectivity index (χ1v) is 0.928. The van der Waals surface area contributed by atoms with Gasteiger partial charge in [0, 0.05) is 6.92 Å². The molecule has 1 N–H and O–H groups in total. The summed E-state index contributed by atoms with van der Waals surface area (Å²) in [5, 5.41) is 7.42. The maximum atomic E-state index is 9.00. The van der Waals surface area contributed by atoms with Crippen LogP contribution in [0.15, 0.2) is 0 Å². The van der Waals surface area contributed by atoms with E-state index in [-0.39, 0.29) is 27.3 Å². The molecule has 0 unspecified atom stereocenters. The van der Waals surface area contributed by atoms with Crippen molar-refractivity contribution in [1.29, 1.82) is 0 Å². The summed E-state index contributed by atoms with van der Waals surface area (Å²) in [7, 11) is 0. The molecule has 2 nitrogen and oxygen atoms in total. The number of carboxylic acid groups (broad SMARTS) is 1. The molecular weight excluding hydrogens is 263 g/mol. The summed E-state index contributed by atoms with van der Waals surface area (Å²) < 4.78 is 0. The van der Waals surface area contributed by atoms with Gasteiger partial charge < -0.3 is 5.11 Å². The van der Waals surface area contributed by atoms with Crippen molar-refractivity contribution < 1.29 is 9.90 Å². The van der Waals surface area contributed by atoms with Crippen molar-refractivity contribution in [3.63, 3.8) is 0 Å². The van der Waals surface area contributed by atoms with Gasteiger partial charge in [0.2, 0.25) is 0 Å². The second kappa shape index (κ2) is 4.39. The number of rotatable bonds is 0. The molecule has 0 fully saturated rings. The molecule has 0 aromatic rings. The molecule has 0 aromatic heterocycles. The molecule has 0 saturated heterocycles. The van der Waals surface area contributed by atoms with Crippen LogP contribution in [0.3, 0.4) is 0 Å². The molecule has 0 bridgehead atoms. The van der Waals surface area contributed by atoms with Gasteiger partial charge in [0.25, 0.3) is 5.97 Å². The van der Waals surface area contributed by atoms with Crippen LogP contribution in [0.5, 0.6) is 0 Å². The van der Waals surface area contributed by atoms with Crippen LogP contribution in [0.2, 0.25) is 0 Å². The molecule has 0 spiro atoms. The van der Waals surface area contributed by atoms with Crippen molar-refractivity contribution in [3.8, 4) is 0 Å². The quantitative estimate of drug-likeness (QED) is 0.598. The summed E-state index contributed by atoms with van der Waals surface area (Å²) in [6, 6.07) is 0. The van der Waals surface area contributed by atoms with Gasteiger partial charge in [-0.05, 0) is 0 Å². The predicted octanol–water partition coefficient (Wildman–Crippen LogP) is -0.558. The number of carboxylic acids is 1. The van der Waals surface area contributed by atoms with E-state index in [1.165, 1.54) is 0 Å². The van der Waals surface area contributed by atoms with Crippen LogP contribution in [-0.4, -0.2) is 38.4 Å². The summed E-state index contributed by atoms with van der Waals surface area (Å²) in [6.45, 7) is 1.08. The van der Waals surface area contributed by atoms with Crippen LogP contribution < -0.4 is 0 Å². The third kappa shape index (κ3) is 163. The monoisotopic (exact) mass is 269 g/mol. The summed E-state index contributed by atoms with van der Waals surface area (Å²) in [6.07, 6.45) is 0. The molecule has 0 aliphatic rings. The van der Waals surface area contributed by atoms with E-state index < -0.39 is 5.97 Å². The van der Waals surface area contributed by atoms with Gasteiger partial charge >= 0.3 is 27.3 Å². The Morgan fingerprint density at radius 1 is 1.80 bits per heavy atom. The van der Waals surface area contributed by atoms with E-state index >= 15 is 0 Å². The van der Waals surface area contributed by atoms with Gasteiger partial charge in [-0.1, -0.05) is 0 Å². The van der Waals surface area contributed by atoms with Crippen molar-refractivity contribution in [2.75, 3.05) is 0 Å². The van der Waals surface area contributed by atoms with Gasteiger partial charge in [0.1, 0.15) is 0 Å². The van der Waals surface area contributed by atoms with Crippen LogP contribution >= 0.6 is 0 Å². The average Bonchev–Trinajstić information content (AvgIpc) is 0.811. The Bertz CT molecular complexity index is 30.6. The normalized spacial score (nSPS) is 5.00. The minimum absolute atomic E-state index is 0. The molecule has 0 amide bonds. The SMILES string of the molecule is CC(=O)O.[PbH]. The zero-order chi connectivity index (χ0) is 3.58. The Morgan fingerprint density at radius 2 is 1.80 bits per heavy atom. The van der Waals surface area contributed by atoms with Crippen molar-refractivity contribution in [3.05, 3.63) is 0 Å². The van der Waals surface area contributed by atoms with Crippen molar-refractivity contribution in [2.45, 2.75) is 6.92 Å². The maximum absolute atomic E-state index is 9.00. The van der Waals surface area contributed by atoms with Crippen LogP contribution in [0, 0.1) is 0 Å². The standard InChI is InChI=1S/C2H4O2.Pb.H/c1-2(3)4;;/h1H3,(H,3,4);;. The van der Waals surface area contributed by atoms with E-state index in [1.807, 2.05) is 0 Å². The average molecular weight is 268 g/mol. The second-order valence-electron chi connectivity index (χ2n) is 0.519. The summed E-state index contributed by atoms with van der Waals surface area (Å²) in [5.41, 5.74) is 0. The Hall–Kier alpha value is 0.392. The molecule has 0 rings (SSSR count). The predicted molar refractivity (Wildman–Crippen MR) is 20.5 cm³/mol. The minimum atomic E-state index is -0.833. The summed E-state index contributed by atoms with van der Waals surface area (Å²) in [4.78, 5) is 9.00. The van der Waals surface area contributed by atoms with Gasteiger partial charge in [-0.2, -0.15) is 0 Å². The van der Waals surface area contributed by atoms with Crippen LogP contribution in [0.25, 0.3) is 0 Å². The number of carbonyl (C=O) groups is 1. The van der Waals surface area contributed by atoms with E-state index in [0.717, 1.165) is 6.92 Å². The van der Waals surface area contributed by atoms with Crippen LogP contribution in [0.4, 0.5) is 0 Å². The van der Waals surface area contributed by atoms with Crippen LogP contribution in [0.1, 0.15) is 6.92 Å². The zero-order valence-corrected chi connectivity index (χ0v) is 7.42. The topological polar surface area (TPSA) is 37.3 Å². The molecule has 0 atom stereocenters. The second-order valence-corrected chi connectivity index (χ2v) is 0.519. The fourth-order valence-electron chi connectivity index (χ4n) is 0. The summed E-state index contributed by atoms with van der Waals surface area (Å²) >= 11 is 0. The van der Waals surface area contributed by atoms with Gasteiger partial charge in [-0.25, -0.2) is 0 Å². The first kappa shape index (κ1) is 9.04. The van der Waals surface area contributed by atoms with Crippen molar-refractivity contribution in [2.24, 2.45) is 0 Å². The molecule has 0 saturated carbocycles. The number of aliphatic carboxylic acids is 1. The number of hydrogen-bond acceptors (Lipinski definition) is 1. The molecule has 3 heteroatoms. The van der Waals surface area contributed by atoms with E-state index in [2.05, 4.69) is 0 Å². The Kier molecular flexibility index (Phi) is 7.94. The molecular formula is C2H5O2Pb. The Labute approximate surface area is 50.3 Å². The van der Waals surface area contributed by atoms with E-state index in [4.69, 9.17) is 9.90 Å². The van der Waals surface area contributed by atoms with Gasteiger partial charge in [-0.3, -0.25) is 4.79 Å². The fraction of sp³-hybridized carbons (Fsp3) is 0.500. The van der Waals surface area contributed by atoms with Gasteiger partial charge in [-0.15, -0.1) is 0 Å². The molecule has 0 heterocycles. The first-order valence-electron chi connectivity index (χ1n) is 0.928. The van der Waals surface area contributed by atoms with E-state index in [9.17, 15) is 0 Å². The van der Waals surface area contributed by atoms with Crippen LogP contribution in [-0.2, 0) is 4.79 Å². The molecule has 0 aromatic carbocycles. The molecule has 0 aliphatic heterocycles. The Balaban J connectivity index is 0. The molecule has 29 valence electrons. The number of hydrogen-bond donors (Lipinski definition) is 1. The molecule has 3 radical (unpaired) electrons. The van der Waals surface area contributed by atoms with E-state index in [1.54, 1.807) is 0 Å². The van der Waals surface area contributed by atoms with E-state index in [0.29, 0.717) is 0 Å². The summed E-state index contributed by atoms with van der Waals surface area (Å²) in [5.74, 6) is -0.833. The third-order valence-corrected chi connectivity index (χ3v) is 0. The van der Waals surface area contributed by atoms with Crippen molar-refractivity contribution in [1.82, 2.24) is 0 Å². The molecule has 5 heavy (non-hydrogen) atoms. The fourth-order valence-corrected chi connectivity index (χ4v) is 0. The van der Waals surface area contributed by atoms with Gasteiger partial charge in [0.15, 0.2) is 0 Å². The zero-order valence-electron chi connectivity index (χ0n) is 2.93. The first-order chi connectivity index (χ1) is 1.73. The van der Waals surface area contributed by atoms with Crippen molar-refractivity contribution >= 4 is 33.3 Å². The third-order valence-electron chi connectivity index (χ3n) is 0. The Morgan fingerprint density at radius 3 is 1.80 bits per heavy atom. The van der Waals surface area contributed by atoms with Gasteiger partial charge in [0.05, 0.1) is 0 Å².